The topological polar surface area (TPSA) is 79.2 Å². The zero-order valence-corrected chi connectivity index (χ0v) is 7.04. The Morgan fingerprint density at radius 2 is 1.75 bits per heavy atom. The summed E-state index contributed by atoms with van der Waals surface area (Å²) in [5.41, 5.74) is 0. The van der Waals surface area contributed by atoms with Crippen molar-refractivity contribution in [3.8, 4) is 0 Å². The molecule has 1 heterocycles. The van der Waals surface area contributed by atoms with Gasteiger partial charge in [-0.15, -0.1) is 0 Å². The molecule has 5 atom stereocenters. The Labute approximate surface area is 70.5 Å². The van der Waals surface area contributed by atoms with Gasteiger partial charge in [-0.1, -0.05) is 0 Å². The van der Waals surface area contributed by atoms with Crippen LogP contribution in [-0.2, 0) is 9.47 Å². The minimum atomic E-state index is -1.28. The largest absolute Gasteiger partial charge is 0.388 e. The lowest BCUT2D eigenvalue weighted by Gasteiger charge is -2.38. The summed E-state index contributed by atoms with van der Waals surface area (Å²) in [4.78, 5) is 0. The van der Waals surface area contributed by atoms with Gasteiger partial charge in [-0.2, -0.15) is 0 Å². The molecule has 0 aromatic rings. The van der Waals surface area contributed by atoms with E-state index in [1.807, 2.05) is 0 Å². The lowest BCUT2D eigenvalue weighted by molar-refractivity contribution is -0.282. The summed E-state index contributed by atoms with van der Waals surface area (Å²) < 4.78 is 9.63. The number of hydrogen-bond acceptors (Lipinski definition) is 5. The molecule has 1 rings (SSSR count). The first-order chi connectivity index (χ1) is 5.57. The lowest BCUT2D eigenvalue weighted by atomic mass is 10.00. The zero-order valence-electron chi connectivity index (χ0n) is 7.04. The van der Waals surface area contributed by atoms with E-state index in [4.69, 9.17) is 14.6 Å². The molecule has 0 bridgehead atoms. The molecule has 5 heteroatoms. The third-order valence-corrected chi connectivity index (χ3v) is 2.07. The highest BCUT2D eigenvalue weighted by molar-refractivity contribution is 4.87. The Hall–Kier alpha value is -0.200. The van der Waals surface area contributed by atoms with Gasteiger partial charge >= 0.3 is 0 Å². The van der Waals surface area contributed by atoms with E-state index in [9.17, 15) is 10.2 Å². The Morgan fingerprint density at radius 1 is 1.17 bits per heavy atom. The highest BCUT2D eigenvalue weighted by Gasteiger charge is 2.42. The highest BCUT2D eigenvalue weighted by atomic mass is 16.6. The van der Waals surface area contributed by atoms with E-state index < -0.39 is 30.7 Å². The SMILES string of the molecule is CO[C@H]1[C@@H](O)[C@H](C)O[C@@H](O)[C@H]1O. The fourth-order valence-electron chi connectivity index (χ4n) is 1.29. The van der Waals surface area contributed by atoms with Gasteiger partial charge in [-0.3, -0.25) is 0 Å². The second-order valence-electron chi connectivity index (χ2n) is 2.91. The third-order valence-electron chi connectivity index (χ3n) is 2.07. The van der Waals surface area contributed by atoms with Crippen LogP contribution in [0.15, 0.2) is 0 Å². The quantitative estimate of drug-likeness (QED) is 0.453. The van der Waals surface area contributed by atoms with E-state index in [1.165, 1.54) is 7.11 Å². The summed E-state index contributed by atoms with van der Waals surface area (Å²) in [6, 6.07) is 0. The Morgan fingerprint density at radius 3 is 2.25 bits per heavy atom. The summed E-state index contributed by atoms with van der Waals surface area (Å²) in [5.74, 6) is 0. The predicted octanol–water partition coefficient (Wildman–Crippen LogP) is -1.54. The fourth-order valence-corrected chi connectivity index (χ4v) is 1.29. The molecule has 12 heavy (non-hydrogen) atoms. The average molecular weight is 178 g/mol. The highest BCUT2D eigenvalue weighted by Crippen LogP contribution is 2.21. The van der Waals surface area contributed by atoms with Crippen LogP contribution in [-0.4, -0.2) is 53.1 Å². The summed E-state index contributed by atoms with van der Waals surface area (Å²) in [5, 5.41) is 27.8. The van der Waals surface area contributed by atoms with E-state index in [-0.39, 0.29) is 0 Å². The van der Waals surface area contributed by atoms with Gasteiger partial charge in [-0.05, 0) is 6.92 Å². The van der Waals surface area contributed by atoms with E-state index in [0.29, 0.717) is 0 Å². The summed E-state index contributed by atoms with van der Waals surface area (Å²) in [6.07, 6.45) is -4.71. The van der Waals surface area contributed by atoms with E-state index in [2.05, 4.69) is 0 Å². The summed E-state index contributed by atoms with van der Waals surface area (Å²) >= 11 is 0. The molecule has 1 saturated heterocycles. The summed E-state index contributed by atoms with van der Waals surface area (Å²) in [6.45, 7) is 1.60. The molecule has 1 fully saturated rings. The van der Waals surface area contributed by atoms with Gasteiger partial charge in [0.2, 0.25) is 0 Å². The Bertz CT molecular complexity index is 137. The van der Waals surface area contributed by atoms with Gasteiger partial charge in [0.1, 0.15) is 18.3 Å². The monoisotopic (exact) mass is 178 g/mol. The van der Waals surface area contributed by atoms with Crippen LogP contribution >= 0.6 is 0 Å². The van der Waals surface area contributed by atoms with Crippen molar-refractivity contribution in [2.24, 2.45) is 0 Å². The first-order valence-corrected chi connectivity index (χ1v) is 3.80. The van der Waals surface area contributed by atoms with Crippen molar-refractivity contribution >= 4 is 0 Å². The van der Waals surface area contributed by atoms with Gasteiger partial charge in [0.25, 0.3) is 0 Å². The van der Waals surface area contributed by atoms with Crippen LogP contribution in [0.25, 0.3) is 0 Å². The minimum absolute atomic E-state index is 0.534. The van der Waals surface area contributed by atoms with Gasteiger partial charge < -0.3 is 24.8 Å². The second kappa shape index (κ2) is 3.68. The van der Waals surface area contributed by atoms with Crippen molar-refractivity contribution in [3.63, 3.8) is 0 Å². The minimum Gasteiger partial charge on any atom is -0.388 e. The maximum atomic E-state index is 9.40. The van der Waals surface area contributed by atoms with Crippen LogP contribution < -0.4 is 0 Å². The smallest absolute Gasteiger partial charge is 0.183 e. The number of ether oxygens (including phenoxy) is 2. The maximum absolute atomic E-state index is 9.40. The van der Waals surface area contributed by atoms with Crippen molar-refractivity contribution < 1.29 is 24.8 Å². The average Bonchev–Trinajstić information content (AvgIpc) is 2.02. The molecule has 0 aromatic carbocycles. The molecular formula is C7H14O5. The molecular weight excluding hydrogens is 164 g/mol. The number of hydrogen-bond donors (Lipinski definition) is 3. The standard InChI is InChI=1S/C7H14O5/c1-3-4(8)6(11-2)5(9)7(10)12-3/h3-10H,1-2H3/t3-,4-,5-,6-,7+/m0/s1. The molecule has 0 aliphatic carbocycles. The number of methoxy groups -OCH3 is 1. The van der Waals surface area contributed by atoms with E-state index in [0.717, 1.165) is 0 Å². The van der Waals surface area contributed by atoms with Crippen molar-refractivity contribution in [3.05, 3.63) is 0 Å². The predicted molar refractivity (Wildman–Crippen MR) is 39.4 cm³/mol. The molecule has 72 valence electrons. The zero-order chi connectivity index (χ0) is 9.30. The number of aliphatic hydroxyl groups excluding tert-OH is 3. The molecule has 3 N–H and O–H groups in total. The van der Waals surface area contributed by atoms with Gasteiger partial charge in [0.05, 0.1) is 6.10 Å². The van der Waals surface area contributed by atoms with Gasteiger partial charge in [-0.25, -0.2) is 0 Å². The molecule has 5 nitrogen and oxygen atoms in total. The first kappa shape index (κ1) is 9.88. The van der Waals surface area contributed by atoms with Gasteiger partial charge in [0, 0.05) is 7.11 Å². The van der Waals surface area contributed by atoms with Crippen LogP contribution in [0.2, 0.25) is 0 Å². The number of aliphatic hydroxyl groups is 3. The first-order valence-electron chi connectivity index (χ1n) is 3.80. The second-order valence-corrected chi connectivity index (χ2v) is 2.91. The van der Waals surface area contributed by atoms with Crippen molar-refractivity contribution in [1.82, 2.24) is 0 Å². The van der Waals surface area contributed by atoms with Crippen LogP contribution in [0, 0.1) is 0 Å². The summed E-state index contributed by atoms with van der Waals surface area (Å²) in [7, 11) is 1.36. The molecule has 0 saturated carbocycles. The molecule has 0 unspecified atom stereocenters. The fraction of sp³-hybridized carbons (Fsp3) is 1.00. The lowest BCUT2D eigenvalue weighted by Crippen LogP contribution is -2.57. The molecule has 1 aliphatic heterocycles. The number of rotatable bonds is 1. The normalized spacial score (nSPS) is 49.2. The third kappa shape index (κ3) is 1.60. The molecule has 0 spiro atoms. The molecule has 0 amide bonds. The van der Waals surface area contributed by atoms with Crippen molar-refractivity contribution in [2.75, 3.05) is 7.11 Å². The van der Waals surface area contributed by atoms with E-state index >= 15 is 0 Å². The van der Waals surface area contributed by atoms with Crippen LogP contribution in [0.1, 0.15) is 6.92 Å². The van der Waals surface area contributed by atoms with Crippen LogP contribution in [0.4, 0.5) is 0 Å². The molecule has 1 aliphatic rings. The Kier molecular flexibility index (Phi) is 3.03. The molecule has 0 aromatic heterocycles. The van der Waals surface area contributed by atoms with Gasteiger partial charge in [0.15, 0.2) is 6.29 Å². The van der Waals surface area contributed by atoms with E-state index in [1.54, 1.807) is 6.92 Å². The maximum Gasteiger partial charge on any atom is 0.183 e. The van der Waals surface area contributed by atoms with Crippen LogP contribution in [0.5, 0.6) is 0 Å². The molecule has 0 radical (unpaired) electrons. The van der Waals surface area contributed by atoms with Crippen molar-refractivity contribution in [2.45, 2.75) is 37.6 Å². The van der Waals surface area contributed by atoms with Crippen LogP contribution in [0.3, 0.4) is 0 Å². The van der Waals surface area contributed by atoms with Crippen molar-refractivity contribution in [1.29, 1.82) is 0 Å². The Balaban J connectivity index is 2.67.